The summed E-state index contributed by atoms with van der Waals surface area (Å²) in [5.41, 5.74) is 1.44. The molecule has 66 heavy (non-hydrogen) atoms. The van der Waals surface area contributed by atoms with Crippen LogP contribution in [0.25, 0.3) is 0 Å². The molecule has 1 fully saturated rings. The number of nitrogens with zero attached hydrogens (tertiary/aromatic N) is 4. The molecule has 1 saturated heterocycles. The number of ketones is 1. The maximum Gasteiger partial charge on any atom is 3.00 e. The van der Waals surface area contributed by atoms with Crippen molar-refractivity contribution in [1.29, 1.82) is 0 Å². The molecule has 0 bridgehead atoms. The first-order chi connectivity index (χ1) is 30.8. The van der Waals surface area contributed by atoms with E-state index in [0.717, 1.165) is 5.56 Å². The van der Waals surface area contributed by atoms with Crippen LogP contribution in [0, 0.1) is 39.9 Å². The Labute approximate surface area is 429 Å². The molecule has 1 aliphatic rings. The minimum Gasteiger partial charge on any atom is -0.549 e. The molecule has 1 heterocycles. The number of rotatable bonds is 28. The molecule has 6 N–H and O–H groups in total. The van der Waals surface area contributed by atoms with E-state index in [1.165, 1.54) is 23.8 Å². The fourth-order valence-corrected chi connectivity index (χ4v) is 8.77. The van der Waals surface area contributed by atoms with E-state index in [4.69, 9.17) is 17.3 Å². The van der Waals surface area contributed by atoms with Gasteiger partial charge >= 0.3 is 45.9 Å². The van der Waals surface area contributed by atoms with Crippen molar-refractivity contribution < 1.29 is 104 Å². The van der Waals surface area contributed by atoms with Gasteiger partial charge in [0, 0.05) is 121 Å². The number of Topliss-reactive ketones (excluding diaryl/α,β-unsaturated/α-hetero) is 1. The number of amides is 2. The molecular formula is C40H59GdN9O13S3-. The second-order valence-corrected chi connectivity index (χ2v) is 18.3. The van der Waals surface area contributed by atoms with Gasteiger partial charge in [-0.3, -0.25) is 38.8 Å². The van der Waals surface area contributed by atoms with E-state index in [2.05, 4.69) is 26.6 Å². The van der Waals surface area contributed by atoms with Crippen molar-refractivity contribution in [3.8, 4) is 0 Å². The third kappa shape index (κ3) is 27.5. The minimum absolute atomic E-state index is 0. The molecule has 22 nitrogen and oxygen atoms in total. The zero-order chi connectivity index (χ0) is 48.3. The van der Waals surface area contributed by atoms with Gasteiger partial charge in [0.25, 0.3) is 0 Å². The van der Waals surface area contributed by atoms with Crippen molar-refractivity contribution in [3.63, 3.8) is 0 Å². The summed E-state index contributed by atoms with van der Waals surface area (Å²) in [5.74, 6) is -6.32. The van der Waals surface area contributed by atoms with Gasteiger partial charge in [-0.05, 0) is 63.1 Å². The monoisotopic (exact) mass is 1130 g/mol. The second kappa shape index (κ2) is 34.1. The Bertz CT molecular complexity index is 1760. The van der Waals surface area contributed by atoms with E-state index in [1.807, 2.05) is 12.1 Å². The van der Waals surface area contributed by atoms with E-state index >= 15 is 0 Å². The van der Waals surface area contributed by atoms with Crippen LogP contribution in [0.1, 0.15) is 38.2 Å². The summed E-state index contributed by atoms with van der Waals surface area (Å²) in [6, 6.07) is 4.91. The van der Waals surface area contributed by atoms with Crippen molar-refractivity contribution >= 4 is 92.0 Å². The van der Waals surface area contributed by atoms with E-state index in [0.29, 0.717) is 35.4 Å². The first-order valence-corrected chi connectivity index (χ1v) is 23.8. The number of nitrogens with one attached hydrogen (secondary N) is 5. The van der Waals surface area contributed by atoms with Crippen LogP contribution < -0.4 is 47.0 Å². The van der Waals surface area contributed by atoms with Crippen molar-refractivity contribution in [2.24, 2.45) is 0 Å². The van der Waals surface area contributed by atoms with Crippen LogP contribution in [-0.4, -0.2) is 199 Å². The summed E-state index contributed by atoms with van der Waals surface area (Å²) in [7, 11) is 4.63. The average Bonchev–Trinajstić information content (AvgIpc) is 3.21. The number of carboxylic acid groups (broad SMARTS) is 5. The third-order valence-corrected chi connectivity index (χ3v) is 12.7. The Balaban J connectivity index is 0.0000218. The summed E-state index contributed by atoms with van der Waals surface area (Å²) < 4.78 is 0. The third-order valence-electron chi connectivity index (χ3n) is 10.1. The Morgan fingerprint density at radius 3 is 1.74 bits per heavy atom. The number of anilines is 1. The van der Waals surface area contributed by atoms with Crippen molar-refractivity contribution in [2.75, 3.05) is 109 Å². The fraction of sp³-hybridized carbons (Fsp3) is 0.625. The summed E-state index contributed by atoms with van der Waals surface area (Å²) in [6.45, 7) is 0.960. The number of carboxylic acids is 5. The second-order valence-electron chi connectivity index (χ2n) is 15.2. The molecule has 1 aliphatic heterocycles. The van der Waals surface area contributed by atoms with Crippen LogP contribution in [0.2, 0.25) is 0 Å². The molecule has 0 aromatic heterocycles. The van der Waals surface area contributed by atoms with E-state index in [1.54, 1.807) is 43.5 Å². The zero-order valence-corrected chi connectivity index (χ0v) is 41.6. The smallest absolute Gasteiger partial charge is 0.549 e. The van der Waals surface area contributed by atoms with Gasteiger partial charge in [0.15, 0.2) is 10.9 Å². The number of benzene rings is 1. The number of hydrogen-bond acceptors (Lipinski definition) is 20. The molecule has 3 unspecified atom stereocenters. The van der Waals surface area contributed by atoms with Gasteiger partial charge in [-0.2, -0.15) is 0 Å². The SMILES string of the molecule is CNC(CCC(=O)O)C(=O)NC(CCC(=O)NCCSSCCNC(=S)Nc1ccc(CC2CN(CC(=O)[O-])CCN(CC(=O)[O-])CCN(CC(=O)[O-])CCN2CC(=O)[O-])cc1)C(C)=O.[Gd+3]. The van der Waals surface area contributed by atoms with Crippen molar-refractivity contribution in [3.05, 3.63) is 29.8 Å². The van der Waals surface area contributed by atoms with Gasteiger partial charge in [0.2, 0.25) is 11.8 Å². The van der Waals surface area contributed by atoms with Crippen LogP contribution in [0.15, 0.2) is 24.3 Å². The number of likely N-dealkylation sites (N-methyl/N-ethyl adjacent to an activating group) is 1. The quantitative estimate of drug-likeness (QED) is 0.0258. The molecule has 3 atom stereocenters. The average molecular weight is 1130 g/mol. The molecule has 1 radical (unpaired) electrons. The maximum atomic E-state index is 12.5. The zero-order valence-electron chi connectivity index (χ0n) is 36.9. The Kier molecular flexibility index (Phi) is 31.3. The number of carbonyl (C=O) groups is 8. The van der Waals surface area contributed by atoms with Gasteiger partial charge in [0.05, 0.1) is 36.0 Å². The summed E-state index contributed by atoms with van der Waals surface area (Å²) in [4.78, 5) is 101. The Morgan fingerprint density at radius 1 is 0.727 bits per heavy atom. The largest absolute Gasteiger partial charge is 3.00 e. The molecule has 0 aliphatic carbocycles. The Hall–Kier alpha value is -3.31. The van der Waals surface area contributed by atoms with Crippen LogP contribution >= 0.6 is 33.8 Å². The molecule has 2 amide bonds. The predicted molar refractivity (Wildman–Crippen MR) is 239 cm³/mol. The fourth-order valence-electron chi connectivity index (χ4n) is 6.74. The normalized spacial score (nSPS) is 16.5. The molecule has 0 spiro atoms. The van der Waals surface area contributed by atoms with Gasteiger partial charge in [-0.15, -0.1) is 0 Å². The number of thiocarbonyl (C=S) groups is 1. The van der Waals surface area contributed by atoms with Gasteiger partial charge in [-0.25, -0.2) is 0 Å². The molecule has 0 saturated carbocycles. The topological polar surface area (TPSA) is 322 Å². The number of hydrogen-bond donors (Lipinski definition) is 6. The molecule has 1 aromatic rings. The van der Waals surface area contributed by atoms with Crippen LogP contribution in [0.4, 0.5) is 5.69 Å². The first kappa shape index (κ1) is 60.7. The van der Waals surface area contributed by atoms with E-state index in [-0.39, 0.29) is 130 Å². The molecule has 369 valence electrons. The van der Waals surface area contributed by atoms with Crippen LogP contribution in [0.3, 0.4) is 0 Å². The molecule has 26 heteroatoms. The van der Waals surface area contributed by atoms with Crippen LogP contribution in [0.5, 0.6) is 0 Å². The van der Waals surface area contributed by atoms with Crippen molar-refractivity contribution in [2.45, 2.75) is 57.2 Å². The number of aliphatic carboxylic acids is 5. The standard InChI is InChI=1S/C40H63N9O13S3.Gd/c1-27(50)31(45-39(62)32(41-2)8-10-34(52)53)7-9-33(51)42-11-19-64-65-20-12-43-40(63)44-29-5-3-28(4-6-29)21-30-22-48(25-37(58)59)16-15-46(23-35(54)55)13-14-47(24-36(56)57)17-18-49(30)26-38(60)61;/h3-6,30-32,41H,7-26H2,1-2H3,(H,42,51)(H,45,62)(H,52,53)(H,54,55)(H,56,57)(H,58,59)(H,60,61)(H2,43,44,63);/q;+3/p-4. The molecule has 2 rings (SSSR count). The van der Waals surface area contributed by atoms with Gasteiger partial charge in [0.1, 0.15) is 0 Å². The first-order valence-electron chi connectivity index (χ1n) is 20.9. The minimum atomic E-state index is -1.38. The predicted octanol–water partition coefficient (Wildman–Crippen LogP) is -6.09. The van der Waals surface area contributed by atoms with E-state index in [9.17, 15) is 58.8 Å². The van der Waals surface area contributed by atoms with Gasteiger partial charge < -0.3 is 71.3 Å². The summed E-state index contributed by atoms with van der Waals surface area (Å²) >= 11 is 5.45. The Morgan fingerprint density at radius 2 is 1.23 bits per heavy atom. The van der Waals surface area contributed by atoms with Crippen molar-refractivity contribution in [1.82, 2.24) is 40.9 Å². The van der Waals surface area contributed by atoms with E-state index < -0.39 is 80.1 Å². The summed E-state index contributed by atoms with van der Waals surface area (Å²) in [5, 5.41) is 70.2. The maximum absolute atomic E-state index is 12.5. The van der Waals surface area contributed by atoms with Gasteiger partial charge in [-0.1, -0.05) is 33.7 Å². The van der Waals surface area contributed by atoms with Crippen LogP contribution in [-0.2, 0) is 44.8 Å². The molecule has 1 aromatic carbocycles. The summed E-state index contributed by atoms with van der Waals surface area (Å²) in [6.07, 6.45) is 0.207. The molecular weight excluding hydrogens is 1070 g/mol. The number of carbonyl (C=O) groups excluding carboxylic acids is 7.